The summed E-state index contributed by atoms with van der Waals surface area (Å²) in [6.45, 7) is 5.64. The Balaban J connectivity index is 1.57. The fraction of sp³-hybridized carbons (Fsp3) is 0.216. The van der Waals surface area contributed by atoms with Gasteiger partial charge in [0, 0.05) is 27.7 Å². The molecule has 0 fully saturated rings. The molecule has 3 aliphatic rings. The molecule has 4 aromatic carbocycles. The lowest BCUT2D eigenvalue weighted by molar-refractivity contribution is 0.0882. The van der Waals surface area contributed by atoms with Crippen molar-refractivity contribution in [2.24, 2.45) is 5.92 Å². The molecule has 0 aromatic heterocycles. The van der Waals surface area contributed by atoms with E-state index in [0.717, 1.165) is 40.6 Å². The van der Waals surface area contributed by atoms with Crippen LogP contribution in [0.3, 0.4) is 0 Å². The van der Waals surface area contributed by atoms with E-state index in [1.54, 1.807) is 0 Å². The first-order valence-corrected chi connectivity index (χ1v) is 15.0. The van der Waals surface area contributed by atoms with E-state index in [1.165, 1.54) is 28.0 Å². The highest BCUT2D eigenvalue weighted by Crippen LogP contribution is 2.62. The number of carbonyl (C=O) groups excluding carboxylic acids is 1. The van der Waals surface area contributed by atoms with Gasteiger partial charge in [-0.2, -0.15) is 0 Å². The van der Waals surface area contributed by atoms with Gasteiger partial charge in [0.1, 0.15) is 0 Å². The van der Waals surface area contributed by atoms with Crippen molar-refractivity contribution in [3.05, 3.63) is 148 Å². The second-order valence-corrected chi connectivity index (χ2v) is 12.7. The van der Waals surface area contributed by atoms with Gasteiger partial charge in [-0.3, -0.25) is 4.79 Å². The van der Waals surface area contributed by atoms with Gasteiger partial charge in [0.25, 0.3) is 0 Å². The van der Waals surface area contributed by atoms with E-state index in [-0.39, 0.29) is 11.2 Å². The van der Waals surface area contributed by atoms with Gasteiger partial charge in [0.2, 0.25) is 0 Å². The number of para-hydroxylation sites is 1. The maximum Gasteiger partial charge on any atom is 0.173 e. The van der Waals surface area contributed by atoms with Crippen molar-refractivity contribution in [1.29, 1.82) is 0 Å². The second-order valence-electron chi connectivity index (χ2n) is 11.8. The van der Waals surface area contributed by atoms with Gasteiger partial charge in [0.15, 0.2) is 5.78 Å². The highest BCUT2D eigenvalue weighted by Gasteiger charge is 2.63. The van der Waals surface area contributed by atoms with Gasteiger partial charge >= 0.3 is 0 Å². The van der Waals surface area contributed by atoms with Crippen molar-refractivity contribution >= 4 is 38.5 Å². The Labute approximate surface area is 245 Å². The van der Waals surface area contributed by atoms with Gasteiger partial charge in [0.05, 0.1) is 11.5 Å². The number of ketones is 1. The number of Topliss-reactive ketones (excluding diaryl/α,β-unsaturated/α-hetero) is 1. The molecule has 0 amide bonds. The molecule has 198 valence electrons. The molecule has 2 aliphatic heterocycles. The maximum atomic E-state index is 15.0. The monoisotopic (exact) mass is 585 g/mol. The third-order valence-electron chi connectivity index (χ3n) is 9.38. The second kappa shape index (κ2) is 9.45. The first-order chi connectivity index (χ1) is 19.4. The Bertz CT molecular complexity index is 1670. The summed E-state index contributed by atoms with van der Waals surface area (Å²) in [6, 6.07) is 35.8. The van der Waals surface area contributed by atoms with E-state index >= 15 is 0 Å². The van der Waals surface area contributed by atoms with Crippen molar-refractivity contribution in [3.8, 4) is 0 Å². The predicted molar refractivity (Wildman–Crippen MR) is 169 cm³/mol. The third-order valence-corrected chi connectivity index (χ3v) is 9.91. The molecule has 0 bridgehead atoms. The quantitative estimate of drug-likeness (QED) is 0.223. The number of hydrogen-bond donors (Lipinski definition) is 0. The highest BCUT2D eigenvalue weighted by atomic mass is 79.9. The van der Waals surface area contributed by atoms with Crippen LogP contribution in [0, 0.1) is 5.92 Å². The average molecular weight is 587 g/mol. The largest absolute Gasteiger partial charge is 0.360 e. The summed E-state index contributed by atoms with van der Waals surface area (Å²) in [5, 5.41) is 0. The summed E-state index contributed by atoms with van der Waals surface area (Å²) in [6.07, 6.45) is 6.88. The first kappa shape index (κ1) is 25.3. The van der Waals surface area contributed by atoms with Crippen LogP contribution in [0.1, 0.15) is 52.9 Å². The number of carbonyl (C=O) groups is 1. The molecule has 3 heteroatoms. The molecule has 0 saturated heterocycles. The van der Waals surface area contributed by atoms with Crippen LogP contribution in [0.5, 0.6) is 0 Å². The number of hydrogen-bond acceptors (Lipinski definition) is 2. The first-order valence-electron chi connectivity index (χ1n) is 14.2. The number of allylic oxidation sites excluding steroid dienone is 2. The lowest BCUT2D eigenvalue weighted by Crippen LogP contribution is -2.63. The lowest BCUT2D eigenvalue weighted by Gasteiger charge is -2.54. The minimum atomic E-state index is -0.582. The van der Waals surface area contributed by atoms with Crippen molar-refractivity contribution in [1.82, 2.24) is 0 Å². The predicted octanol–water partition coefficient (Wildman–Crippen LogP) is 8.91. The van der Waals surface area contributed by atoms with Crippen molar-refractivity contribution < 1.29 is 4.79 Å². The molecule has 0 saturated carbocycles. The Morgan fingerprint density at radius 3 is 2.25 bits per heavy atom. The Hall–Kier alpha value is -3.69. The fourth-order valence-corrected chi connectivity index (χ4v) is 7.77. The van der Waals surface area contributed by atoms with Crippen LogP contribution >= 0.6 is 15.9 Å². The van der Waals surface area contributed by atoms with Gasteiger partial charge in [-0.25, -0.2) is 0 Å². The molecule has 0 radical (unpaired) electrons. The van der Waals surface area contributed by atoms with Gasteiger partial charge in [-0.05, 0) is 70.5 Å². The van der Waals surface area contributed by atoms with Gasteiger partial charge < -0.3 is 4.90 Å². The number of rotatable bonds is 4. The van der Waals surface area contributed by atoms with Gasteiger partial charge in [-0.15, -0.1) is 0 Å². The molecular formula is C37H32BrNO. The SMILES string of the molecule is CC1(C)c2cccc3c2N(CCC3)[C@]12C=C(c1ccccc1)C=C(c1ccc(Br)cc1)[C@H]2C(=O)c1ccccc1. The van der Waals surface area contributed by atoms with E-state index in [1.807, 2.05) is 30.3 Å². The highest BCUT2D eigenvalue weighted by molar-refractivity contribution is 9.10. The summed E-state index contributed by atoms with van der Waals surface area (Å²) in [5.74, 6) is -0.219. The van der Waals surface area contributed by atoms with Crippen LogP contribution in [0.4, 0.5) is 5.69 Å². The van der Waals surface area contributed by atoms with Crippen LogP contribution < -0.4 is 4.90 Å². The molecule has 1 spiro atoms. The normalized spacial score (nSPS) is 22.5. The minimum Gasteiger partial charge on any atom is -0.360 e. The average Bonchev–Trinajstić information content (AvgIpc) is 3.18. The number of fused-ring (bicyclic) bond motifs is 1. The Kier molecular flexibility index (Phi) is 5.98. The topological polar surface area (TPSA) is 20.3 Å². The molecule has 0 N–H and O–H groups in total. The summed E-state index contributed by atoms with van der Waals surface area (Å²) >= 11 is 3.63. The molecule has 2 nitrogen and oxygen atoms in total. The van der Waals surface area contributed by atoms with Crippen molar-refractivity contribution in [2.45, 2.75) is 37.6 Å². The molecule has 7 rings (SSSR count). The van der Waals surface area contributed by atoms with E-state index < -0.39 is 11.5 Å². The van der Waals surface area contributed by atoms with E-state index in [9.17, 15) is 4.79 Å². The van der Waals surface area contributed by atoms with Gasteiger partial charge in [-0.1, -0.05) is 121 Å². The number of halogens is 1. The Morgan fingerprint density at radius 2 is 1.52 bits per heavy atom. The van der Waals surface area contributed by atoms with Crippen LogP contribution in [0.15, 0.2) is 120 Å². The smallest absolute Gasteiger partial charge is 0.173 e. The number of nitrogens with zero attached hydrogens (tertiary/aromatic N) is 1. The third kappa shape index (κ3) is 3.64. The summed E-state index contributed by atoms with van der Waals surface area (Å²) in [5.41, 5.74) is 8.44. The molecular weight excluding hydrogens is 554 g/mol. The molecule has 2 atom stereocenters. The van der Waals surface area contributed by atoms with Crippen molar-refractivity contribution in [3.63, 3.8) is 0 Å². The fourth-order valence-electron chi connectivity index (χ4n) is 7.50. The van der Waals surface area contributed by atoms with Crippen LogP contribution in [0.25, 0.3) is 11.1 Å². The van der Waals surface area contributed by atoms with Crippen molar-refractivity contribution in [2.75, 3.05) is 11.4 Å². The zero-order chi connectivity index (χ0) is 27.5. The van der Waals surface area contributed by atoms with Crippen LogP contribution in [-0.2, 0) is 11.8 Å². The maximum absolute atomic E-state index is 15.0. The van der Waals surface area contributed by atoms with E-state index in [4.69, 9.17) is 0 Å². The molecule has 1 aliphatic carbocycles. The zero-order valence-electron chi connectivity index (χ0n) is 22.9. The summed E-state index contributed by atoms with van der Waals surface area (Å²) in [4.78, 5) is 17.6. The molecule has 4 aromatic rings. The summed E-state index contributed by atoms with van der Waals surface area (Å²) < 4.78 is 1.03. The number of aryl methyl sites for hydroxylation is 1. The molecule has 0 unspecified atom stereocenters. The van der Waals surface area contributed by atoms with E-state index in [2.05, 4.69) is 120 Å². The Morgan fingerprint density at radius 1 is 0.825 bits per heavy atom. The molecule has 2 heterocycles. The number of anilines is 1. The summed E-state index contributed by atoms with van der Waals surface area (Å²) in [7, 11) is 0. The van der Waals surface area contributed by atoms with Crippen LogP contribution in [0.2, 0.25) is 0 Å². The van der Waals surface area contributed by atoms with E-state index in [0.29, 0.717) is 0 Å². The standard InChI is InChI=1S/C37H32BrNO/c1-36(2)32-17-9-15-27-16-10-22-39(34(27)32)37(36)24-29(25-11-5-3-6-12-25)23-31(26-18-20-30(38)21-19-26)33(37)35(40)28-13-7-4-8-14-28/h3-9,11-15,17-21,23-24,33H,10,16,22H2,1-2H3/t33-,37-/m0/s1. The number of benzene rings is 4. The molecule has 40 heavy (non-hydrogen) atoms. The zero-order valence-corrected chi connectivity index (χ0v) is 24.5. The minimum absolute atomic E-state index is 0.172. The van der Waals surface area contributed by atoms with Crippen LogP contribution in [-0.4, -0.2) is 17.9 Å². The lowest BCUT2D eigenvalue weighted by atomic mass is 9.57.